The molecule has 0 aromatic heterocycles. The lowest BCUT2D eigenvalue weighted by Crippen LogP contribution is -2.46. The first kappa shape index (κ1) is 22.7. The molecule has 1 aromatic rings. The molecule has 0 bridgehead atoms. The molecule has 1 aliphatic rings. The van der Waals surface area contributed by atoms with Crippen LogP contribution in [0.1, 0.15) is 46.6 Å². The van der Waals surface area contributed by atoms with Gasteiger partial charge in [-0.15, -0.1) is 0 Å². The van der Waals surface area contributed by atoms with E-state index in [1.807, 2.05) is 52.8 Å². The summed E-state index contributed by atoms with van der Waals surface area (Å²) in [6.45, 7) is 11.7. The molecule has 28 heavy (non-hydrogen) atoms. The Hall–Kier alpha value is -1.61. The SMILES string of the molecule is CCO[Si](CCCNC(=O)Cc1ccc2c(c1)OC(C)(C)O2)(OCC)OCC. The van der Waals surface area contributed by atoms with Crippen LogP contribution in [0.4, 0.5) is 0 Å². The Bertz CT molecular complexity index is 635. The standard InChI is InChI=1S/C20H33NO6Si/c1-6-23-28(24-7-2,25-8-3)13-9-12-21-19(22)15-16-10-11-17-18(14-16)27-20(4,5)26-17/h10-11,14H,6-9,12-13,15H2,1-5H3,(H,21,22). The van der Waals surface area contributed by atoms with Gasteiger partial charge in [-0.2, -0.15) is 0 Å². The van der Waals surface area contributed by atoms with Crippen LogP contribution in [-0.4, -0.2) is 46.9 Å². The van der Waals surface area contributed by atoms with E-state index in [-0.39, 0.29) is 5.91 Å². The number of amides is 1. The van der Waals surface area contributed by atoms with E-state index >= 15 is 0 Å². The number of benzene rings is 1. The quantitative estimate of drug-likeness (QED) is 0.420. The summed E-state index contributed by atoms with van der Waals surface area (Å²) in [5.41, 5.74) is 0.888. The minimum absolute atomic E-state index is 0.0328. The molecular weight excluding hydrogens is 378 g/mol. The van der Waals surface area contributed by atoms with Crippen molar-refractivity contribution in [1.29, 1.82) is 0 Å². The molecule has 2 rings (SSSR count). The van der Waals surface area contributed by atoms with E-state index in [4.69, 9.17) is 22.8 Å². The Morgan fingerprint density at radius 2 is 1.64 bits per heavy atom. The summed E-state index contributed by atoms with van der Waals surface area (Å²) in [7, 11) is -2.65. The van der Waals surface area contributed by atoms with E-state index in [1.165, 1.54) is 0 Å². The fraction of sp³-hybridized carbons (Fsp3) is 0.650. The van der Waals surface area contributed by atoms with Gasteiger partial charge < -0.3 is 28.1 Å². The number of carbonyl (C=O) groups excluding carboxylic acids is 1. The van der Waals surface area contributed by atoms with Gasteiger partial charge in [-0.05, 0) is 44.9 Å². The molecule has 1 amide bonds. The van der Waals surface area contributed by atoms with Gasteiger partial charge >= 0.3 is 8.80 Å². The number of hydrogen-bond acceptors (Lipinski definition) is 6. The van der Waals surface area contributed by atoms with Crippen molar-refractivity contribution in [2.75, 3.05) is 26.4 Å². The van der Waals surface area contributed by atoms with Crippen molar-refractivity contribution in [3.63, 3.8) is 0 Å². The fourth-order valence-electron chi connectivity index (χ4n) is 3.16. The van der Waals surface area contributed by atoms with Crippen LogP contribution in [0.25, 0.3) is 0 Å². The minimum atomic E-state index is -2.65. The van der Waals surface area contributed by atoms with Crippen molar-refractivity contribution < 1.29 is 27.5 Å². The third-order valence-electron chi connectivity index (χ3n) is 4.16. The largest absolute Gasteiger partial charge is 0.500 e. The van der Waals surface area contributed by atoms with Crippen molar-refractivity contribution in [3.05, 3.63) is 23.8 Å². The van der Waals surface area contributed by atoms with Gasteiger partial charge in [-0.1, -0.05) is 6.07 Å². The van der Waals surface area contributed by atoms with Gasteiger partial charge in [-0.25, -0.2) is 0 Å². The number of rotatable bonds is 12. The second kappa shape index (κ2) is 10.2. The van der Waals surface area contributed by atoms with Crippen molar-refractivity contribution in [1.82, 2.24) is 5.32 Å². The van der Waals surface area contributed by atoms with Crippen LogP contribution in [0.15, 0.2) is 18.2 Å². The van der Waals surface area contributed by atoms with E-state index < -0.39 is 14.6 Å². The minimum Gasteiger partial charge on any atom is -0.449 e. The average Bonchev–Trinajstić information content (AvgIpc) is 2.92. The summed E-state index contributed by atoms with van der Waals surface area (Å²) in [6, 6.07) is 6.28. The Labute approximate surface area is 169 Å². The van der Waals surface area contributed by atoms with Gasteiger partial charge in [-0.3, -0.25) is 4.79 Å². The zero-order valence-electron chi connectivity index (χ0n) is 17.6. The molecule has 1 aromatic carbocycles. The second-order valence-electron chi connectivity index (χ2n) is 7.00. The highest BCUT2D eigenvalue weighted by Gasteiger charge is 2.39. The van der Waals surface area contributed by atoms with E-state index in [1.54, 1.807) is 0 Å². The van der Waals surface area contributed by atoms with E-state index in [0.29, 0.717) is 50.3 Å². The van der Waals surface area contributed by atoms with Gasteiger partial charge in [0.25, 0.3) is 0 Å². The van der Waals surface area contributed by atoms with Crippen LogP contribution in [-0.2, 0) is 24.5 Å². The van der Waals surface area contributed by atoms with Gasteiger partial charge in [0.15, 0.2) is 11.5 Å². The molecule has 0 unspecified atom stereocenters. The maximum absolute atomic E-state index is 12.3. The molecule has 0 spiro atoms. The van der Waals surface area contributed by atoms with Gasteiger partial charge in [0.05, 0.1) is 6.42 Å². The van der Waals surface area contributed by atoms with Crippen molar-refractivity contribution >= 4 is 14.7 Å². The lowest BCUT2D eigenvalue weighted by molar-refractivity contribution is -0.120. The first-order valence-corrected chi connectivity index (χ1v) is 12.0. The van der Waals surface area contributed by atoms with Crippen LogP contribution in [0.5, 0.6) is 11.5 Å². The third-order valence-corrected chi connectivity index (χ3v) is 7.31. The van der Waals surface area contributed by atoms with Gasteiger partial charge in [0, 0.05) is 46.3 Å². The Balaban J connectivity index is 1.80. The Kier molecular flexibility index (Phi) is 8.30. The molecule has 1 aliphatic heterocycles. The molecule has 1 heterocycles. The van der Waals surface area contributed by atoms with Crippen LogP contribution < -0.4 is 14.8 Å². The summed E-state index contributed by atoms with van der Waals surface area (Å²) in [6.07, 6.45) is 1.04. The summed E-state index contributed by atoms with van der Waals surface area (Å²) >= 11 is 0. The molecule has 0 radical (unpaired) electrons. The lowest BCUT2D eigenvalue weighted by atomic mass is 10.1. The van der Waals surface area contributed by atoms with Gasteiger partial charge in [0.1, 0.15) is 0 Å². The molecule has 0 aliphatic carbocycles. The number of fused-ring (bicyclic) bond motifs is 1. The zero-order valence-corrected chi connectivity index (χ0v) is 18.6. The summed E-state index contributed by atoms with van der Waals surface area (Å²) in [5, 5.41) is 2.96. The summed E-state index contributed by atoms with van der Waals surface area (Å²) in [4.78, 5) is 12.3. The van der Waals surface area contributed by atoms with Crippen LogP contribution in [0, 0.1) is 0 Å². The summed E-state index contributed by atoms with van der Waals surface area (Å²) < 4.78 is 28.9. The van der Waals surface area contributed by atoms with Crippen LogP contribution in [0.2, 0.25) is 6.04 Å². The normalized spacial score (nSPS) is 14.9. The van der Waals surface area contributed by atoms with Crippen LogP contribution in [0.3, 0.4) is 0 Å². The number of carbonyl (C=O) groups is 1. The third kappa shape index (κ3) is 6.48. The Morgan fingerprint density at radius 3 is 2.25 bits per heavy atom. The predicted molar refractivity (Wildman–Crippen MR) is 109 cm³/mol. The zero-order chi connectivity index (χ0) is 20.6. The second-order valence-corrected chi connectivity index (χ2v) is 9.73. The molecular formula is C20H33NO6Si. The number of nitrogens with one attached hydrogen (secondary N) is 1. The van der Waals surface area contributed by atoms with E-state index in [0.717, 1.165) is 12.0 Å². The highest BCUT2D eigenvalue weighted by molar-refractivity contribution is 6.60. The molecule has 8 heteroatoms. The fourth-order valence-corrected chi connectivity index (χ4v) is 5.77. The first-order chi connectivity index (χ1) is 13.3. The number of ether oxygens (including phenoxy) is 2. The topological polar surface area (TPSA) is 75.3 Å². The molecule has 0 saturated heterocycles. The van der Waals surface area contributed by atoms with Crippen molar-refractivity contribution in [2.24, 2.45) is 0 Å². The van der Waals surface area contributed by atoms with E-state index in [9.17, 15) is 4.79 Å². The molecule has 7 nitrogen and oxygen atoms in total. The predicted octanol–water partition coefficient (Wildman–Crippen LogP) is 3.29. The maximum atomic E-state index is 12.3. The Morgan fingerprint density at radius 1 is 1.04 bits per heavy atom. The molecule has 0 atom stereocenters. The maximum Gasteiger partial charge on any atom is 0.500 e. The molecule has 158 valence electrons. The van der Waals surface area contributed by atoms with Crippen LogP contribution >= 0.6 is 0 Å². The monoisotopic (exact) mass is 411 g/mol. The average molecular weight is 412 g/mol. The molecule has 0 saturated carbocycles. The molecule has 1 N–H and O–H groups in total. The first-order valence-electron chi connectivity index (χ1n) is 10.0. The highest BCUT2D eigenvalue weighted by atomic mass is 28.4. The number of hydrogen-bond donors (Lipinski definition) is 1. The van der Waals surface area contributed by atoms with Crippen molar-refractivity contribution in [3.8, 4) is 11.5 Å². The highest BCUT2D eigenvalue weighted by Crippen LogP contribution is 2.39. The smallest absolute Gasteiger partial charge is 0.449 e. The van der Waals surface area contributed by atoms with Gasteiger partial charge in [0.2, 0.25) is 11.7 Å². The summed E-state index contributed by atoms with van der Waals surface area (Å²) in [5.74, 6) is 0.686. The van der Waals surface area contributed by atoms with E-state index in [2.05, 4.69) is 5.32 Å². The molecule has 0 fully saturated rings. The lowest BCUT2D eigenvalue weighted by Gasteiger charge is -2.28. The van der Waals surface area contributed by atoms with Crippen molar-refractivity contribution in [2.45, 2.75) is 59.3 Å².